The minimum absolute atomic E-state index is 0.116. The summed E-state index contributed by atoms with van der Waals surface area (Å²) in [5.74, 6) is -0.639. The van der Waals surface area contributed by atoms with E-state index < -0.39 is 0 Å². The lowest BCUT2D eigenvalue weighted by molar-refractivity contribution is -0.140. The molecule has 1 aromatic rings. The van der Waals surface area contributed by atoms with Crippen LogP contribution in [0, 0.1) is 23.7 Å². The molecule has 130 valence electrons. The lowest BCUT2D eigenvalue weighted by Gasteiger charge is -2.13. The number of hydrazone groups is 1. The van der Waals surface area contributed by atoms with E-state index in [-0.39, 0.29) is 52.0 Å². The van der Waals surface area contributed by atoms with Crippen molar-refractivity contribution in [3.63, 3.8) is 0 Å². The van der Waals surface area contributed by atoms with E-state index in [1.807, 2.05) is 12.2 Å². The number of fused-ring (bicyclic) bond motifs is 5. The Kier molecular flexibility index (Phi) is 3.80. The van der Waals surface area contributed by atoms with Crippen molar-refractivity contribution in [2.24, 2.45) is 28.8 Å². The molecule has 2 bridgehead atoms. The number of rotatable bonds is 4. The van der Waals surface area contributed by atoms with E-state index in [4.69, 9.17) is 16.3 Å². The maximum Gasteiger partial charge on any atom is 0.254 e. The molecule has 0 aromatic heterocycles. The van der Waals surface area contributed by atoms with E-state index >= 15 is 0 Å². The minimum Gasteiger partial charge on any atom is -0.503 e. The second-order valence-electron chi connectivity index (χ2n) is 6.52. The minimum atomic E-state index is -0.276. The highest BCUT2D eigenvalue weighted by atomic mass is 35.5. The molecule has 1 aromatic carbocycles. The first kappa shape index (κ1) is 16.1. The van der Waals surface area contributed by atoms with Crippen LogP contribution in [0.4, 0.5) is 0 Å². The van der Waals surface area contributed by atoms with E-state index in [9.17, 15) is 14.7 Å². The SMILES string of the molecule is CCOc1cc(/C=N\N2C(=O)[C@@H]3[C@H](C2=O)[C@H]2C=C[C@H]3C2)cc(Cl)c1O. The lowest BCUT2D eigenvalue weighted by Crippen LogP contribution is -2.28. The van der Waals surface area contributed by atoms with Crippen LogP contribution in [0.25, 0.3) is 0 Å². The lowest BCUT2D eigenvalue weighted by atomic mass is 9.85. The molecule has 0 unspecified atom stereocenters. The normalized spacial score (nSPS) is 29.9. The van der Waals surface area contributed by atoms with Gasteiger partial charge < -0.3 is 9.84 Å². The largest absolute Gasteiger partial charge is 0.503 e. The number of aromatic hydroxyl groups is 1. The zero-order chi connectivity index (χ0) is 17.7. The number of benzene rings is 1. The summed E-state index contributed by atoms with van der Waals surface area (Å²) in [7, 11) is 0. The number of ether oxygens (including phenoxy) is 1. The van der Waals surface area contributed by atoms with Crippen LogP contribution in [-0.4, -0.2) is 34.8 Å². The summed E-state index contributed by atoms with van der Waals surface area (Å²) < 4.78 is 5.32. The summed E-state index contributed by atoms with van der Waals surface area (Å²) in [6, 6.07) is 3.06. The average Bonchev–Trinajstić information content (AvgIpc) is 3.25. The molecule has 25 heavy (non-hydrogen) atoms. The third-order valence-electron chi connectivity index (χ3n) is 5.12. The molecule has 2 fully saturated rings. The third-order valence-corrected chi connectivity index (χ3v) is 5.41. The van der Waals surface area contributed by atoms with Crippen LogP contribution in [0.3, 0.4) is 0 Å². The monoisotopic (exact) mass is 360 g/mol. The van der Waals surface area contributed by atoms with Crippen molar-refractivity contribution in [3.05, 3.63) is 34.9 Å². The number of amides is 2. The summed E-state index contributed by atoms with van der Waals surface area (Å²) >= 11 is 5.98. The maximum atomic E-state index is 12.6. The van der Waals surface area contributed by atoms with Gasteiger partial charge in [-0.25, -0.2) is 0 Å². The third kappa shape index (κ3) is 2.43. The Hall–Kier alpha value is -2.34. The van der Waals surface area contributed by atoms with Crippen LogP contribution in [0.15, 0.2) is 29.4 Å². The molecule has 0 spiro atoms. The Labute approximate surface area is 149 Å². The molecule has 4 atom stereocenters. The topological polar surface area (TPSA) is 79.2 Å². The van der Waals surface area contributed by atoms with Gasteiger partial charge in [-0.3, -0.25) is 9.59 Å². The Bertz CT molecular complexity index is 790. The number of imide groups is 1. The van der Waals surface area contributed by atoms with Gasteiger partial charge in [0.15, 0.2) is 11.5 Å². The van der Waals surface area contributed by atoms with Gasteiger partial charge in [0, 0.05) is 0 Å². The van der Waals surface area contributed by atoms with Gasteiger partial charge in [-0.15, -0.1) is 0 Å². The van der Waals surface area contributed by atoms with E-state index in [0.717, 1.165) is 11.4 Å². The second-order valence-corrected chi connectivity index (χ2v) is 6.92. The van der Waals surface area contributed by atoms with E-state index in [0.29, 0.717) is 12.2 Å². The summed E-state index contributed by atoms with van der Waals surface area (Å²) in [4.78, 5) is 25.1. The predicted molar refractivity (Wildman–Crippen MR) is 91.4 cm³/mol. The number of hydrogen-bond donors (Lipinski definition) is 1. The van der Waals surface area contributed by atoms with Gasteiger partial charge >= 0.3 is 0 Å². The van der Waals surface area contributed by atoms with Crippen molar-refractivity contribution in [1.82, 2.24) is 5.01 Å². The van der Waals surface area contributed by atoms with Gasteiger partial charge in [0.1, 0.15) is 0 Å². The molecule has 3 aliphatic rings. The van der Waals surface area contributed by atoms with Crippen molar-refractivity contribution in [2.45, 2.75) is 13.3 Å². The standard InChI is InChI=1S/C18H17ClN2O4/c1-2-25-13-6-9(5-12(19)16(13)22)8-20-21-17(23)14-10-3-4-11(7-10)15(14)18(21)24/h3-6,8,10-11,14-15,22H,2,7H2,1H3/b20-8-/t10-,11-,14-,15+/m0/s1. The quantitative estimate of drug-likeness (QED) is 0.508. The highest BCUT2D eigenvalue weighted by Crippen LogP contribution is 2.52. The first-order chi connectivity index (χ1) is 12.0. The Morgan fingerprint density at radius 1 is 1.28 bits per heavy atom. The number of allylic oxidation sites excluding steroid dienone is 2. The van der Waals surface area contributed by atoms with Crippen molar-refractivity contribution in [2.75, 3.05) is 6.61 Å². The maximum absolute atomic E-state index is 12.6. The number of nitrogens with zero attached hydrogens (tertiary/aromatic N) is 2. The molecule has 1 N–H and O–H groups in total. The smallest absolute Gasteiger partial charge is 0.254 e. The molecule has 1 saturated heterocycles. The first-order valence-corrected chi connectivity index (χ1v) is 8.64. The molecule has 1 saturated carbocycles. The Morgan fingerprint density at radius 3 is 2.52 bits per heavy atom. The van der Waals surface area contributed by atoms with Crippen molar-refractivity contribution in [1.29, 1.82) is 0 Å². The molecule has 1 aliphatic heterocycles. The zero-order valence-corrected chi connectivity index (χ0v) is 14.3. The van der Waals surface area contributed by atoms with Crippen molar-refractivity contribution in [3.8, 4) is 11.5 Å². The molecular formula is C18H17ClN2O4. The number of carbonyl (C=O) groups excluding carboxylic acids is 2. The van der Waals surface area contributed by atoms with Crippen LogP contribution in [0.5, 0.6) is 11.5 Å². The molecular weight excluding hydrogens is 344 g/mol. The Morgan fingerprint density at radius 2 is 1.92 bits per heavy atom. The zero-order valence-electron chi connectivity index (χ0n) is 13.6. The van der Waals surface area contributed by atoms with Crippen molar-refractivity contribution >= 4 is 29.6 Å². The van der Waals surface area contributed by atoms with Gasteiger partial charge in [0.25, 0.3) is 11.8 Å². The van der Waals surface area contributed by atoms with E-state index in [1.54, 1.807) is 13.0 Å². The highest BCUT2D eigenvalue weighted by Gasteiger charge is 2.59. The van der Waals surface area contributed by atoms with Gasteiger partial charge in [-0.05, 0) is 42.9 Å². The molecule has 2 aliphatic carbocycles. The van der Waals surface area contributed by atoms with E-state index in [1.165, 1.54) is 12.3 Å². The number of phenolic OH excluding ortho intramolecular Hbond substituents is 1. The molecule has 0 radical (unpaired) electrons. The molecule has 4 rings (SSSR count). The average molecular weight is 361 g/mol. The molecule has 7 heteroatoms. The van der Waals surface area contributed by atoms with Crippen molar-refractivity contribution < 1.29 is 19.4 Å². The van der Waals surface area contributed by atoms with Gasteiger partial charge in [0.2, 0.25) is 0 Å². The highest BCUT2D eigenvalue weighted by molar-refractivity contribution is 6.32. The molecule has 6 nitrogen and oxygen atoms in total. The summed E-state index contributed by atoms with van der Waals surface area (Å²) in [5.41, 5.74) is 0.532. The number of hydrogen-bond acceptors (Lipinski definition) is 5. The fourth-order valence-corrected chi connectivity index (χ4v) is 4.28. The van der Waals surface area contributed by atoms with Crippen LogP contribution in [0.2, 0.25) is 5.02 Å². The van der Waals surface area contributed by atoms with E-state index in [2.05, 4.69) is 5.10 Å². The van der Waals surface area contributed by atoms with Gasteiger partial charge in [-0.1, -0.05) is 23.8 Å². The van der Waals surface area contributed by atoms with Gasteiger partial charge in [-0.2, -0.15) is 10.1 Å². The number of phenols is 1. The van der Waals surface area contributed by atoms with Crippen LogP contribution < -0.4 is 4.74 Å². The van der Waals surface area contributed by atoms with Crippen LogP contribution >= 0.6 is 11.6 Å². The van der Waals surface area contributed by atoms with Crippen LogP contribution in [-0.2, 0) is 9.59 Å². The fraction of sp³-hybridized carbons (Fsp3) is 0.389. The summed E-state index contributed by atoms with van der Waals surface area (Å²) in [6.07, 6.45) is 6.35. The number of halogens is 1. The molecule has 1 heterocycles. The predicted octanol–water partition coefficient (Wildman–Crippen LogP) is 2.59. The van der Waals surface area contributed by atoms with Gasteiger partial charge in [0.05, 0.1) is 29.7 Å². The second kappa shape index (κ2) is 5.88. The summed E-state index contributed by atoms with van der Waals surface area (Å²) in [5, 5.41) is 15.0. The Balaban J connectivity index is 1.59. The first-order valence-electron chi connectivity index (χ1n) is 8.26. The number of carbonyl (C=O) groups is 2. The van der Waals surface area contributed by atoms with Crippen LogP contribution in [0.1, 0.15) is 18.9 Å². The molecule has 2 amide bonds. The fourth-order valence-electron chi connectivity index (χ4n) is 4.06. The summed E-state index contributed by atoms with van der Waals surface area (Å²) in [6.45, 7) is 2.16.